The first-order valence-electron chi connectivity index (χ1n) is 7.89. The van der Waals surface area contributed by atoms with Crippen LogP contribution >= 0.6 is 0 Å². The van der Waals surface area contributed by atoms with Gasteiger partial charge < -0.3 is 9.47 Å². The van der Waals surface area contributed by atoms with Crippen molar-refractivity contribution in [2.45, 2.75) is 25.6 Å². The Hall–Kier alpha value is -2.05. The van der Waals surface area contributed by atoms with Gasteiger partial charge in [0.05, 0.1) is 5.75 Å². The normalized spacial score (nSPS) is 15.1. The molecule has 0 radical (unpaired) electrons. The van der Waals surface area contributed by atoms with Crippen LogP contribution in [0, 0.1) is 6.92 Å². The van der Waals surface area contributed by atoms with Crippen LogP contribution in [0.4, 0.5) is 0 Å². The van der Waals surface area contributed by atoms with Crippen LogP contribution in [-0.4, -0.2) is 21.6 Å². The van der Waals surface area contributed by atoms with Crippen LogP contribution < -0.4 is 14.2 Å². The van der Waals surface area contributed by atoms with Crippen molar-refractivity contribution in [3.8, 4) is 11.5 Å². The molecule has 0 unspecified atom stereocenters. The third-order valence-corrected chi connectivity index (χ3v) is 5.43. The highest BCUT2D eigenvalue weighted by molar-refractivity contribution is 7.88. The summed E-state index contributed by atoms with van der Waals surface area (Å²) in [6.45, 7) is 4.77. The van der Waals surface area contributed by atoms with Gasteiger partial charge >= 0.3 is 0 Å². The predicted octanol–water partition coefficient (Wildman–Crippen LogP) is 2.95. The Morgan fingerprint density at radius 1 is 1.08 bits per heavy atom. The van der Waals surface area contributed by atoms with E-state index in [4.69, 9.17) is 9.47 Å². The number of sulfonamides is 1. The van der Waals surface area contributed by atoms with E-state index < -0.39 is 10.0 Å². The van der Waals surface area contributed by atoms with E-state index in [9.17, 15) is 8.42 Å². The number of hydrogen-bond acceptors (Lipinski definition) is 4. The second kappa shape index (κ2) is 6.83. The van der Waals surface area contributed by atoms with E-state index in [1.807, 2.05) is 56.3 Å². The molecule has 0 bridgehead atoms. The number of benzene rings is 2. The lowest BCUT2D eigenvalue weighted by Gasteiger charge is -2.21. The standard InChI is InChI=1S/C18H21NO4S/c1-13-5-3-4-6-16(13)12-24(20,21)19-14(2)15-7-8-17-18(11-15)23-10-9-22-17/h3-8,11,14,19H,9-10,12H2,1-2H3/t14-/m0/s1. The number of aryl methyl sites for hydroxylation is 1. The summed E-state index contributed by atoms with van der Waals surface area (Å²) in [5, 5.41) is 0. The van der Waals surface area contributed by atoms with Gasteiger partial charge in [0.2, 0.25) is 10.0 Å². The molecule has 1 N–H and O–H groups in total. The van der Waals surface area contributed by atoms with E-state index in [1.54, 1.807) is 0 Å². The van der Waals surface area contributed by atoms with Crippen molar-refractivity contribution >= 4 is 10.0 Å². The molecule has 0 saturated heterocycles. The van der Waals surface area contributed by atoms with Crippen molar-refractivity contribution in [1.29, 1.82) is 0 Å². The van der Waals surface area contributed by atoms with Crippen LogP contribution in [0.5, 0.6) is 11.5 Å². The molecule has 1 heterocycles. The topological polar surface area (TPSA) is 64.6 Å². The van der Waals surface area contributed by atoms with Gasteiger partial charge in [0.25, 0.3) is 0 Å². The Morgan fingerprint density at radius 3 is 2.54 bits per heavy atom. The third kappa shape index (κ3) is 3.88. The summed E-state index contributed by atoms with van der Waals surface area (Å²) in [7, 11) is -3.45. The van der Waals surface area contributed by atoms with E-state index in [0.29, 0.717) is 24.7 Å². The summed E-state index contributed by atoms with van der Waals surface area (Å²) in [4.78, 5) is 0. The number of hydrogen-bond donors (Lipinski definition) is 1. The molecule has 6 heteroatoms. The van der Waals surface area contributed by atoms with Crippen LogP contribution in [0.15, 0.2) is 42.5 Å². The quantitative estimate of drug-likeness (QED) is 0.903. The van der Waals surface area contributed by atoms with Gasteiger partial charge in [0.1, 0.15) is 13.2 Å². The van der Waals surface area contributed by atoms with E-state index in [-0.39, 0.29) is 11.8 Å². The Labute approximate surface area is 142 Å². The van der Waals surface area contributed by atoms with Crippen molar-refractivity contribution in [3.63, 3.8) is 0 Å². The summed E-state index contributed by atoms with van der Waals surface area (Å²) < 4.78 is 38.7. The highest BCUT2D eigenvalue weighted by Crippen LogP contribution is 2.32. The molecule has 0 aliphatic carbocycles. The van der Waals surface area contributed by atoms with Gasteiger partial charge in [0, 0.05) is 6.04 Å². The first-order valence-corrected chi connectivity index (χ1v) is 9.54. The zero-order valence-corrected chi connectivity index (χ0v) is 14.6. The minimum Gasteiger partial charge on any atom is -0.486 e. The molecular formula is C18H21NO4S. The fraction of sp³-hybridized carbons (Fsp3) is 0.333. The Bertz CT molecular complexity index is 833. The second-order valence-corrected chi connectivity index (χ2v) is 7.68. The fourth-order valence-corrected chi connectivity index (χ4v) is 4.18. The maximum atomic E-state index is 12.5. The van der Waals surface area contributed by atoms with Crippen LogP contribution in [0.25, 0.3) is 0 Å². The molecule has 3 rings (SSSR count). The molecule has 0 aromatic heterocycles. The van der Waals surface area contributed by atoms with Crippen LogP contribution in [0.1, 0.15) is 29.7 Å². The minimum atomic E-state index is -3.45. The molecular weight excluding hydrogens is 326 g/mol. The summed E-state index contributed by atoms with van der Waals surface area (Å²) in [5.41, 5.74) is 2.61. The van der Waals surface area contributed by atoms with Gasteiger partial charge in [0.15, 0.2) is 11.5 Å². The molecule has 2 aromatic carbocycles. The Kier molecular flexibility index (Phi) is 4.78. The molecule has 0 saturated carbocycles. The number of ether oxygens (including phenoxy) is 2. The summed E-state index contributed by atoms with van der Waals surface area (Å²) in [6.07, 6.45) is 0. The van der Waals surface area contributed by atoms with E-state index in [0.717, 1.165) is 16.7 Å². The van der Waals surface area contributed by atoms with E-state index >= 15 is 0 Å². The second-order valence-electron chi connectivity index (χ2n) is 5.93. The van der Waals surface area contributed by atoms with Crippen LogP contribution in [-0.2, 0) is 15.8 Å². The van der Waals surface area contributed by atoms with Crippen LogP contribution in [0.3, 0.4) is 0 Å². The van der Waals surface area contributed by atoms with Gasteiger partial charge in [-0.2, -0.15) is 0 Å². The maximum Gasteiger partial charge on any atom is 0.216 e. The van der Waals surface area contributed by atoms with Gasteiger partial charge in [-0.15, -0.1) is 0 Å². The molecule has 0 amide bonds. The third-order valence-electron chi connectivity index (χ3n) is 4.03. The average Bonchev–Trinajstić information content (AvgIpc) is 2.56. The van der Waals surface area contributed by atoms with E-state index in [2.05, 4.69) is 4.72 Å². The number of nitrogens with one attached hydrogen (secondary N) is 1. The van der Waals surface area contributed by atoms with Gasteiger partial charge in [-0.1, -0.05) is 30.3 Å². The lowest BCUT2D eigenvalue weighted by atomic mass is 10.1. The molecule has 1 aliphatic heterocycles. The summed E-state index contributed by atoms with van der Waals surface area (Å²) >= 11 is 0. The first kappa shape index (κ1) is 16.8. The van der Waals surface area contributed by atoms with E-state index in [1.165, 1.54) is 0 Å². The summed E-state index contributed by atoms with van der Waals surface area (Å²) in [6, 6.07) is 12.6. The predicted molar refractivity (Wildman–Crippen MR) is 92.8 cm³/mol. The zero-order chi connectivity index (χ0) is 17.2. The Balaban J connectivity index is 1.74. The van der Waals surface area contributed by atoms with Crippen LogP contribution in [0.2, 0.25) is 0 Å². The van der Waals surface area contributed by atoms with Gasteiger partial charge in [-0.25, -0.2) is 13.1 Å². The number of rotatable bonds is 5. The SMILES string of the molecule is Cc1ccccc1CS(=O)(=O)N[C@@H](C)c1ccc2c(c1)OCCO2. The maximum absolute atomic E-state index is 12.5. The van der Waals surface area contributed by atoms with Gasteiger partial charge in [-0.05, 0) is 42.7 Å². The highest BCUT2D eigenvalue weighted by Gasteiger charge is 2.19. The zero-order valence-electron chi connectivity index (χ0n) is 13.8. The largest absolute Gasteiger partial charge is 0.486 e. The van der Waals surface area contributed by atoms with Crippen molar-refractivity contribution in [1.82, 2.24) is 4.72 Å². The molecule has 1 atom stereocenters. The highest BCUT2D eigenvalue weighted by atomic mass is 32.2. The van der Waals surface area contributed by atoms with Crippen molar-refractivity contribution in [2.75, 3.05) is 13.2 Å². The van der Waals surface area contributed by atoms with Gasteiger partial charge in [-0.3, -0.25) is 0 Å². The van der Waals surface area contributed by atoms with Crippen molar-refractivity contribution < 1.29 is 17.9 Å². The molecule has 1 aliphatic rings. The van der Waals surface area contributed by atoms with Crippen molar-refractivity contribution in [3.05, 3.63) is 59.2 Å². The molecule has 0 fully saturated rings. The minimum absolute atomic E-state index is 0.0332. The fourth-order valence-electron chi connectivity index (χ4n) is 2.69. The smallest absolute Gasteiger partial charge is 0.216 e. The lowest BCUT2D eigenvalue weighted by Crippen LogP contribution is -2.28. The first-order chi connectivity index (χ1) is 11.4. The Morgan fingerprint density at radius 2 is 1.79 bits per heavy atom. The van der Waals surface area contributed by atoms with Crippen molar-refractivity contribution in [2.24, 2.45) is 0 Å². The average molecular weight is 347 g/mol. The molecule has 2 aromatic rings. The lowest BCUT2D eigenvalue weighted by molar-refractivity contribution is 0.171. The molecule has 24 heavy (non-hydrogen) atoms. The molecule has 5 nitrogen and oxygen atoms in total. The summed E-state index contributed by atoms with van der Waals surface area (Å²) in [5.74, 6) is 1.32. The molecule has 128 valence electrons. The monoisotopic (exact) mass is 347 g/mol. The molecule has 0 spiro atoms. The number of fused-ring (bicyclic) bond motifs is 1.